The van der Waals surface area contributed by atoms with Gasteiger partial charge in [-0.15, -0.1) is 6.42 Å². The van der Waals surface area contributed by atoms with E-state index in [0.29, 0.717) is 23.1 Å². The van der Waals surface area contributed by atoms with Crippen molar-refractivity contribution in [3.8, 4) is 23.8 Å². The molecule has 2 aromatic heterocycles. The third-order valence-corrected chi connectivity index (χ3v) is 3.20. The van der Waals surface area contributed by atoms with E-state index < -0.39 is 0 Å². The number of nitrogens with one attached hydrogen (secondary N) is 1. The summed E-state index contributed by atoms with van der Waals surface area (Å²) in [6.45, 7) is 6.95. The van der Waals surface area contributed by atoms with E-state index in [4.69, 9.17) is 16.9 Å². The molecule has 2 rings (SSSR count). The predicted molar refractivity (Wildman–Crippen MR) is 91.6 cm³/mol. The second-order valence-corrected chi connectivity index (χ2v) is 5.38. The number of hydrogen-bond acceptors (Lipinski definition) is 6. The molecule has 6 nitrogen and oxygen atoms in total. The largest absolute Gasteiger partial charge is 0.451 e. The monoisotopic (exact) mass is 311 g/mol. The molecule has 0 aliphatic rings. The predicted octanol–water partition coefficient (Wildman–Crippen LogP) is 3.17. The van der Waals surface area contributed by atoms with Gasteiger partial charge in [0.25, 0.3) is 0 Å². The number of rotatable bonds is 6. The second-order valence-electron chi connectivity index (χ2n) is 5.38. The fraction of sp³-hybridized carbons (Fsp3) is 0.353. The van der Waals surface area contributed by atoms with Crippen LogP contribution in [0.2, 0.25) is 0 Å². The highest BCUT2D eigenvalue weighted by atomic mass is 16.5. The molecule has 0 atom stereocenters. The van der Waals surface area contributed by atoms with Crippen LogP contribution in [0.3, 0.4) is 0 Å². The standard InChI is InChI=1S/C17H21N5O/c1-5-7-19-17-21-10-15(16(18)22-17)23-14-8-12(6-2)20-9-13(14)11(3)4/h2,8-11H,5,7H2,1,3-4H3,(H3,18,19,21,22). The van der Waals surface area contributed by atoms with Gasteiger partial charge in [-0.05, 0) is 12.3 Å². The Balaban J connectivity index is 2.30. The quantitative estimate of drug-likeness (QED) is 0.797. The van der Waals surface area contributed by atoms with Gasteiger partial charge in [0.2, 0.25) is 5.95 Å². The Kier molecular flexibility index (Phi) is 5.36. The van der Waals surface area contributed by atoms with Crippen LogP contribution >= 0.6 is 0 Å². The topological polar surface area (TPSA) is 86.0 Å². The Hall–Kier alpha value is -2.81. The fourth-order valence-electron chi connectivity index (χ4n) is 1.95. The summed E-state index contributed by atoms with van der Waals surface area (Å²) >= 11 is 0. The molecule has 0 saturated heterocycles. The first-order valence-electron chi connectivity index (χ1n) is 7.56. The third kappa shape index (κ3) is 4.10. The van der Waals surface area contributed by atoms with Crippen LogP contribution in [0, 0.1) is 12.3 Å². The lowest BCUT2D eigenvalue weighted by atomic mass is 10.0. The SMILES string of the molecule is C#Cc1cc(Oc2cnc(NCCC)nc2N)c(C(C)C)cn1. The molecule has 0 spiro atoms. The molecule has 0 amide bonds. The van der Waals surface area contributed by atoms with E-state index in [2.05, 4.69) is 47.0 Å². The van der Waals surface area contributed by atoms with E-state index in [1.807, 2.05) is 0 Å². The number of pyridine rings is 1. The van der Waals surface area contributed by atoms with Crippen molar-refractivity contribution in [2.75, 3.05) is 17.6 Å². The molecule has 0 radical (unpaired) electrons. The number of aromatic nitrogens is 3. The summed E-state index contributed by atoms with van der Waals surface area (Å²) in [4.78, 5) is 12.6. The fourth-order valence-corrected chi connectivity index (χ4v) is 1.95. The van der Waals surface area contributed by atoms with Crippen molar-refractivity contribution in [1.29, 1.82) is 0 Å². The first-order chi connectivity index (χ1) is 11.0. The van der Waals surface area contributed by atoms with E-state index in [0.717, 1.165) is 18.5 Å². The first kappa shape index (κ1) is 16.6. The Morgan fingerprint density at radius 1 is 1.30 bits per heavy atom. The molecule has 0 fully saturated rings. The van der Waals surface area contributed by atoms with Crippen LogP contribution in [0.4, 0.5) is 11.8 Å². The van der Waals surface area contributed by atoms with Crippen LogP contribution in [0.5, 0.6) is 11.5 Å². The minimum atomic E-state index is 0.233. The highest BCUT2D eigenvalue weighted by Gasteiger charge is 2.13. The molecule has 3 N–H and O–H groups in total. The minimum absolute atomic E-state index is 0.233. The molecule has 0 bridgehead atoms. The second kappa shape index (κ2) is 7.45. The third-order valence-electron chi connectivity index (χ3n) is 3.20. The molecule has 0 aliphatic carbocycles. The summed E-state index contributed by atoms with van der Waals surface area (Å²) in [5.41, 5.74) is 7.41. The number of terminal acetylenes is 1. The van der Waals surface area contributed by atoms with Crippen LogP contribution in [-0.4, -0.2) is 21.5 Å². The maximum atomic E-state index is 5.97. The van der Waals surface area contributed by atoms with Gasteiger partial charge in [-0.1, -0.05) is 26.7 Å². The molecule has 0 unspecified atom stereocenters. The Labute approximate surface area is 136 Å². The average Bonchev–Trinajstić information content (AvgIpc) is 2.54. The van der Waals surface area contributed by atoms with Crippen molar-refractivity contribution in [3.05, 3.63) is 29.7 Å². The van der Waals surface area contributed by atoms with E-state index in [1.165, 1.54) is 0 Å². The smallest absolute Gasteiger partial charge is 0.224 e. The molecule has 2 aromatic rings. The summed E-state index contributed by atoms with van der Waals surface area (Å²) in [5.74, 6) is 4.50. The van der Waals surface area contributed by atoms with Gasteiger partial charge in [0.1, 0.15) is 11.4 Å². The molecule has 23 heavy (non-hydrogen) atoms. The lowest BCUT2D eigenvalue weighted by Gasteiger charge is -2.14. The maximum Gasteiger partial charge on any atom is 0.224 e. The lowest BCUT2D eigenvalue weighted by molar-refractivity contribution is 0.470. The van der Waals surface area contributed by atoms with Gasteiger partial charge in [0.15, 0.2) is 11.6 Å². The molecular weight excluding hydrogens is 290 g/mol. The van der Waals surface area contributed by atoms with Crippen molar-refractivity contribution in [2.45, 2.75) is 33.1 Å². The molecule has 0 aromatic carbocycles. The lowest BCUT2D eigenvalue weighted by Crippen LogP contribution is -2.07. The van der Waals surface area contributed by atoms with Crippen molar-refractivity contribution in [1.82, 2.24) is 15.0 Å². The Morgan fingerprint density at radius 2 is 2.09 bits per heavy atom. The summed E-state index contributed by atoms with van der Waals surface area (Å²) in [6, 6.07) is 1.72. The molecule has 0 aliphatic heterocycles. The maximum absolute atomic E-state index is 5.97. The van der Waals surface area contributed by atoms with E-state index in [1.54, 1.807) is 18.5 Å². The number of ether oxygens (including phenoxy) is 1. The average molecular weight is 311 g/mol. The zero-order chi connectivity index (χ0) is 16.8. The highest BCUT2D eigenvalue weighted by molar-refractivity contribution is 5.51. The zero-order valence-electron chi connectivity index (χ0n) is 13.6. The van der Waals surface area contributed by atoms with Crippen LogP contribution < -0.4 is 15.8 Å². The first-order valence-corrected chi connectivity index (χ1v) is 7.56. The number of nitrogens with two attached hydrogens (primary N) is 1. The number of nitrogens with zero attached hydrogens (tertiary/aromatic N) is 3. The van der Waals surface area contributed by atoms with Gasteiger partial charge < -0.3 is 15.8 Å². The minimum Gasteiger partial charge on any atom is -0.451 e. The zero-order valence-corrected chi connectivity index (χ0v) is 13.6. The number of anilines is 2. The van der Waals surface area contributed by atoms with Crippen molar-refractivity contribution in [3.63, 3.8) is 0 Å². The normalized spacial score (nSPS) is 10.4. The summed E-state index contributed by atoms with van der Waals surface area (Å²) < 4.78 is 5.89. The molecule has 0 saturated carbocycles. The summed E-state index contributed by atoms with van der Waals surface area (Å²) in [5, 5.41) is 3.08. The van der Waals surface area contributed by atoms with E-state index in [9.17, 15) is 0 Å². The van der Waals surface area contributed by atoms with E-state index >= 15 is 0 Å². The van der Waals surface area contributed by atoms with Gasteiger partial charge in [0, 0.05) is 24.4 Å². The highest BCUT2D eigenvalue weighted by Crippen LogP contribution is 2.32. The van der Waals surface area contributed by atoms with Gasteiger partial charge in [0.05, 0.1) is 6.20 Å². The molecular formula is C17H21N5O. The molecule has 6 heteroatoms. The van der Waals surface area contributed by atoms with Crippen molar-refractivity contribution >= 4 is 11.8 Å². The van der Waals surface area contributed by atoms with E-state index in [-0.39, 0.29) is 11.7 Å². The molecule has 120 valence electrons. The van der Waals surface area contributed by atoms with Crippen molar-refractivity contribution in [2.24, 2.45) is 0 Å². The van der Waals surface area contributed by atoms with Gasteiger partial charge in [-0.2, -0.15) is 4.98 Å². The van der Waals surface area contributed by atoms with Crippen LogP contribution in [0.15, 0.2) is 18.5 Å². The van der Waals surface area contributed by atoms with Crippen LogP contribution in [0.1, 0.15) is 44.4 Å². The van der Waals surface area contributed by atoms with Crippen LogP contribution in [0.25, 0.3) is 0 Å². The van der Waals surface area contributed by atoms with Gasteiger partial charge in [-0.25, -0.2) is 9.97 Å². The Morgan fingerprint density at radius 3 is 2.70 bits per heavy atom. The number of nitrogen functional groups attached to an aromatic ring is 1. The summed E-state index contributed by atoms with van der Waals surface area (Å²) in [7, 11) is 0. The Bertz CT molecular complexity index is 721. The van der Waals surface area contributed by atoms with Gasteiger partial charge >= 0.3 is 0 Å². The van der Waals surface area contributed by atoms with Crippen molar-refractivity contribution < 1.29 is 4.74 Å². The van der Waals surface area contributed by atoms with Gasteiger partial charge in [-0.3, -0.25) is 0 Å². The van der Waals surface area contributed by atoms with Crippen LogP contribution in [-0.2, 0) is 0 Å². The molecule has 2 heterocycles. The number of hydrogen-bond donors (Lipinski definition) is 2. The summed E-state index contributed by atoms with van der Waals surface area (Å²) in [6.07, 6.45) is 9.67.